The zero-order valence-electron chi connectivity index (χ0n) is 28.7. The van der Waals surface area contributed by atoms with Crippen LogP contribution < -0.4 is 15.0 Å². The Morgan fingerprint density at radius 3 is 2.13 bits per heavy atom. The Hall–Kier alpha value is -6.32. The minimum Gasteiger partial charge on any atom is -0.485 e. The highest BCUT2D eigenvalue weighted by Crippen LogP contribution is 2.64. The first-order valence-electron chi connectivity index (χ1n) is 18.4. The highest BCUT2D eigenvalue weighted by atomic mass is 16.5. The fraction of sp³-hybridized carbons (Fsp3) is 0.102. The van der Waals surface area contributed by atoms with Crippen LogP contribution in [0.5, 0.6) is 5.75 Å². The summed E-state index contributed by atoms with van der Waals surface area (Å²) in [4.78, 5) is 2.33. The van der Waals surface area contributed by atoms with Crippen LogP contribution in [0.2, 0.25) is 0 Å². The number of hydrogen-bond acceptors (Lipinski definition) is 3. The van der Waals surface area contributed by atoms with Gasteiger partial charge in [-0.15, -0.1) is 0 Å². The first-order valence-corrected chi connectivity index (χ1v) is 18.4. The van der Waals surface area contributed by atoms with Gasteiger partial charge in [0.1, 0.15) is 11.9 Å². The number of benzene rings is 6. The average molecular weight is 669 g/mol. The van der Waals surface area contributed by atoms with E-state index in [4.69, 9.17) is 4.74 Å². The van der Waals surface area contributed by atoms with Gasteiger partial charge in [0.25, 0.3) is 0 Å². The SMILES string of the molecule is C1=CC2=C(CC1)C1(c3ccccc32)c2ccccc2-c2c(Nc3ccc4c(c3)OC3C=CC(N(c5ccccc5)c5ccccc5)=CC43)cccc21. The van der Waals surface area contributed by atoms with Crippen LogP contribution >= 0.6 is 0 Å². The number of rotatable bonds is 5. The van der Waals surface area contributed by atoms with Crippen LogP contribution in [-0.4, -0.2) is 6.10 Å². The van der Waals surface area contributed by atoms with Gasteiger partial charge in [-0.2, -0.15) is 0 Å². The highest BCUT2D eigenvalue weighted by molar-refractivity contribution is 6.00. The van der Waals surface area contributed by atoms with Gasteiger partial charge in [-0.1, -0.05) is 115 Å². The Balaban J connectivity index is 0.975. The van der Waals surface area contributed by atoms with Crippen molar-refractivity contribution in [1.82, 2.24) is 0 Å². The molecule has 1 N–H and O–H groups in total. The topological polar surface area (TPSA) is 24.5 Å². The van der Waals surface area contributed by atoms with Crippen molar-refractivity contribution in [3.05, 3.63) is 215 Å². The number of hydrogen-bond donors (Lipinski definition) is 1. The number of para-hydroxylation sites is 2. The van der Waals surface area contributed by atoms with Crippen LogP contribution in [0.25, 0.3) is 16.7 Å². The fourth-order valence-corrected chi connectivity index (χ4v) is 9.63. The van der Waals surface area contributed by atoms with Gasteiger partial charge < -0.3 is 15.0 Å². The third-order valence-corrected chi connectivity index (χ3v) is 11.7. The molecule has 3 nitrogen and oxygen atoms in total. The molecule has 6 aromatic rings. The molecular weight excluding hydrogens is 633 g/mol. The molecule has 4 aliphatic carbocycles. The normalized spacial score (nSPS) is 21.0. The molecule has 3 atom stereocenters. The smallest absolute Gasteiger partial charge is 0.128 e. The summed E-state index contributed by atoms with van der Waals surface area (Å²) in [7, 11) is 0. The second-order valence-corrected chi connectivity index (χ2v) is 14.3. The lowest BCUT2D eigenvalue weighted by Gasteiger charge is -2.33. The predicted octanol–water partition coefficient (Wildman–Crippen LogP) is 12.0. The molecule has 3 unspecified atom stereocenters. The van der Waals surface area contributed by atoms with E-state index in [2.05, 4.69) is 186 Å². The molecule has 52 heavy (non-hydrogen) atoms. The second kappa shape index (κ2) is 11.3. The Kier molecular flexibility index (Phi) is 6.42. The van der Waals surface area contributed by atoms with E-state index in [0.717, 1.165) is 47.0 Å². The van der Waals surface area contributed by atoms with Crippen LogP contribution in [-0.2, 0) is 5.41 Å². The molecule has 0 saturated heterocycles. The van der Waals surface area contributed by atoms with Gasteiger partial charge in [0.2, 0.25) is 0 Å². The molecule has 3 heteroatoms. The van der Waals surface area contributed by atoms with Gasteiger partial charge in [0, 0.05) is 51.6 Å². The van der Waals surface area contributed by atoms with Gasteiger partial charge in [0.15, 0.2) is 0 Å². The van der Waals surface area contributed by atoms with Gasteiger partial charge in [0.05, 0.1) is 5.41 Å². The molecule has 11 rings (SSSR count). The summed E-state index contributed by atoms with van der Waals surface area (Å²) in [6, 6.07) is 52.8. The largest absolute Gasteiger partial charge is 0.485 e. The molecule has 5 aliphatic rings. The maximum atomic E-state index is 6.65. The van der Waals surface area contributed by atoms with E-state index in [1.165, 1.54) is 50.1 Å². The van der Waals surface area contributed by atoms with Crippen LogP contribution in [0.1, 0.15) is 46.6 Å². The summed E-state index contributed by atoms with van der Waals surface area (Å²) in [5, 5.41) is 3.88. The summed E-state index contributed by atoms with van der Waals surface area (Å²) in [6.07, 6.45) is 13.6. The Bertz CT molecular complexity index is 2500. The maximum Gasteiger partial charge on any atom is 0.128 e. The molecule has 248 valence electrons. The van der Waals surface area contributed by atoms with Gasteiger partial charge >= 0.3 is 0 Å². The predicted molar refractivity (Wildman–Crippen MR) is 213 cm³/mol. The minimum absolute atomic E-state index is 0.0375. The molecule has 1 aliphatic heterocycles. The van der Waals surface area contributed by atoms with E-state index >= 15 is 0 Å². The van der Waals surface area contributed by atoms with Crippen molar-refractivity contribution >= 4 is 28.3 Å². The van der Waals surface area contributed by atoms with Crippen molar-refractivity contribution in [2.75, 3.05) is 10.2 Å². The summed E-state index contributed by atoms with van der Waals surface area (Å²) in [5.74, 6) is 1.06. The monoisotopic (exact) mass is 668 g/mol. The number of anilines is 4. The average Bonchev–Trinajstić information content (AvgIpc) is 3.83. The zero-order chi connectivity index (χ0) is 34.2. The van der Waals surface area contributed by atoms with E-state index < -0.39 is 0 Å². The van der Waals surface area contributed by atoms with E-state index in [0.29, 0.717) is 0 Å². The standard InChI is InChI=1S/C49H36N2O/c1-3-14-33(15-4-1)51(34-16-5-2-6-17-34)35-27-29-46-40(31-35)38-28-26-32(30-47(38)52-46)50-45-25-13-24-44-48(45)39-20-9-12-23-43(39)49(44)41-21-10-7-18-36(41)37-19-8-11-22-42(37)49/h1-10,12-21,23-31,40,46,50H,11,22H2. The van der Waals surface area contributed by atoms with Crippen molar-refractivity contribution in [3.8, 4) is 16.9 Å². The van der Waals surface area contributed by atoms with Crippen molar-refractivity contribution in [2.45, 2.75) is 30.3 Å². The summed E-state index contributed by atoms with van der Waals surface area (Å²) < 4.78 is 6.65. The molecule has 0 fully saturated rings. The summed E-state index contributed by atoms with van der Waals surface area (Å²) in [6.45, 7) is 0. The third kappa shape index (κ3) is 4.14. The lowest BCUT2D eigenvalue weighted by atomic mass is 9.68. The number of fused-ring (bicyclic) bond motifs is 12. The quantitative estimate of drug-likeness (QED) is 0.198. The second-order valence-electron chi connectivity index (χ2n) is 14.3. The number of ether oxygens (including phenoxy) is 1. The number of nitrogens with zero attached hydrogens (tertiary/aromatic N) is 1. The molecule has 6 aromatic carbocycles. The van der Waals surface area contributed by atoms with Crippen LogP contribution in [0.15, 0.2) is 187 Å². The Morgan fingerprint density at radius 2 is 1.35 bits per heavy atom. The Labute approximate surface area is 304 Å². The van der Waals surface area contributed by atoms with Crippen molar-refractivity contribution in [2.24, 2.45) is 0 Å². The third-order valence-electron chi connectivity index (χ3n) is 11.7. The van der Waals surface area contributed by atoms with Crippen molar-refractivity contribution < 1.29 is 4.74 Å². The Morgan fingerprint density at radius 1 is 0.654 bits per heavy atom. The van der Waals surface area contributed by atoms with E-state index in [1.54, 1.807) is 0 Å². The van der Waals surface area contributed by atoms with Crippen molar-refractivity contribution in [1.29, 1.82) is 0 Å². The van der Waals surface area contributed by atoms with E-state index in [-0.39, 0.29) is 17.4 Å². The molecule has 0 saturated carbocycles. The van der Waals surface area contributed by atoms with E-state index in [9.17, 15) is 0 Å². The van der Waals surface area contributed by atoms with Gasteiger partial charge in [-0.3, -0.25) is 0 Å². The lowest BCUT2D eigenvalue weighted by Crippen LogP contribution is -2.27. The molecule has 0 amide bonds. The van der Waals surface area contributed by atoms with Crippen LogP contribution in [0, 0.1) is 0 Å². The summed E-state index contributed by atoms with van der Waals surface area (Å²) >= 11 is 0. The van der Waals surface area contributed by atoms with Crippen molar-refractivity contribution in [3.63, 3.8) is 0 Å². The molecule has 0 bridgehead atoms. The molecule has 1 spiro atoms. The lowest BCUT2D eigenvalue weighted by molar-refractivity contribution is 0.268. The van der Waals surface area contributed by atoms with Crippen LogP contribution in [0.3, 0.4) is 0 Å². The highest BCUT2D eigenvalue weighted by Gasteiger charge is 2.53. The van der Waals surface area contributed by atoms with E-state index in [1.807, 2.05) is 0 Å². The molecule has 1 heterocycles. The number of nitrogens with one attached hydrogen (secondary N) is 1. The number of allylic oxidation sites excluding steroid dienone is 5. The summed E-state index contributed by atoms with van der Waals surface area (Å²) in [5.41, 5.74) is 17.6. The van der Waals surface area contributed by atoms with Crippen LogP contribution in [0.4, 0.5) is 22.7 Å². The minimum atomic E-state index is -0.277. The molecule has 0 radical (unpaired) electrons. The maximum absolute atomic E-state index is 6.65. The molecule has 0 aromatic heterocycles. The fourth-order valence-electron chi connectivity index (χ4n) is 9.63. The molecular formula is C49H36N2O. The van der Waals surface area contributed by atoms with Gasteiger partial charge in [-0.05, 0) is 106 Å². The van der Waals surface area contributed by atoms with Gasteiger partial charge in [-0.25, -0.2) is 0 Å². The zero-order valence-corrected chi connectivity index (χ0v) is 28.7. The first-order chi connectivity index (χ1) is 25.8. The first kappa shape index (κ1) is 29.4.